The van der Waals surface area contributed by atoms with Gasteiger partial charge in [0.25, 0.3) is 0 Å². The predicted molar refractivity (Wildman–Crippen MR) is 61.1 cm³/mol. The Bertz CT molecular complexity index is 408. The highest BCUT2D eigenvalue weighted by atomic mass is 19.1. The minimum atomic E-state index is -0.471. The lowest BCUT2D eigenvalue weighted by atomic mass is 10.2. The smallest absolute Gasteiger partial charge is 0.137 e. The van der Waals surface area contributed by atoms with E-state index in [1.165, 1.54) is 18.2 Å². The van der Waals surface area contributed by atoms with Crippen molar-refractivity contribution in [2.45, 2.75) is 12.8 Å². The quantitative estimate of drug-likeness (QED) is 0.632. The SMILES string of the molecule is OCCC#Cc1ccc(F)cc1OCCCF. The molecule has 92 valence electrons. The number of ether oxygens (including phenoxy) is 1. The zero-order chi connectivity index (χ0) is 12.5. The average Bonchev–Trinajstić information content (AvgIpc) is 2.32. The Morgan fingerprint density at radius 1 is 1.35 bits per heavy atom. The van der Waals surface area contributed by atoms with Crippen LogP contribution in [0.1, 0.15) is 18.4 Å². The highest BCUT2D eigenvalue weighted by Gasteiger charge is 2.03. The van der Waals surface area contributed by atoms with Crippen molar-refractivity contribution < 1.29 is 18.6 Å². The fourth-order valence-corrected chi connectivity index (χ4v) is 1.17. The van der Waals surface area contributed by atoms with Crippen molar-refractivity contribution in [2.24, 2.45) is 0 Å². The summed E-state index contributed by atoms with van der Waals surface area (Å²) in [6.45, 7) is -0.304. The van der Waals surface area contributed by atoms with Crippen molar-refractivity contribution in [3.8, 4) is 17.6 Å². The molecule has 0 saturated carbocycles. The molecule has 1 aromatic carbocycles. The number of aliphatic hydroxyl groups is 1. The zero-order valence-electron chi connectivity index (χ0n) is 9.38. The predicted octanol–water partition coefficient (Wildman–Crippen LogP) is 2.30. The van der Waals surface area contributed by atoms with Gasteiger partial charge in [-0.15, -0.1) is 0 Å². The maximum absolute atomic E-state index is 13.0. The van der Waals surface area contributed by atoms with E-state index in [0.717, 1.165) is 0 Å². The van der Waals surface area contributed by atoms with Gasteiger partial charge in [-0.3, -0.25) is 4.39 Å². The first kappa shape index (κ1) is 13.5. The second-order valence-corrected chi connectivity index (χ2v) is 3.31. The molecule has 0 atom stereocenters. The van der Waals surface area contributed by atoms with Crippen LogP contribution in [0.2, 0.25) is 0 Å². The maximum Gasteiger partial charge on any atom is 0.137 e. The third kappa shape index (κ3) is 4.83. The molecule has 2 nitrogen and oxygen atoms in total. The lowest BCUT2D eigenvalue weighted by Gasteiger charge is -2.07. The third-order valence-corrected chi connectivity index (χ3v) is 1.94. The fourth-order valence-electron chi connectivity index (χ4n) is 1.17. The molecule has 0 aliphatic carbocycles. The number of benzene rings is 1. The molecular weight excluding hydrogens is 226 g/mol. The average molecular weight is 240 g/mol. The van der Waals surface area contributed by atoms with Crippen molar-refractivity contribution in [3.63, 3.8) is 0 Å². The molecule has 1 N–H and O–H groups in total. The van der Waals surface area contributed by atoms with E-state index in [-0.39, 0.29) is 19.6 Å². The molecule has 0 aliphatic rings. The van der Waals surface area contributed by atoms with Gasteiger partial charge in [0.15, 0.2) is 0 Å². The molecule has 0 aliphatic heterocycles. The Balaban J connectivity index is 2.77. The Hall–Kier alpha value is -1.60. The molecule has 1 rings (SSSR count). The number of rotatable bonds is 5. The van der Waals surface area contributed by atoms with Gasteiger partial charge in [-0.2, -0.15) is 0 Å². The van der Waals surface area contributed by atoms with Crippen LogP contribution in [0.15, 0.2) is 18.2 Å². The van der Waals surface area contributed by atoms with Crippen LogP contribution in [0.3, 0.4) is 0 Å². The number of aliphatic hydroxyl groups excluding tert-OH is 1. The van der Waals surface area contributed by atoms with Crippen molar-refractivity contribution in [1.29, 1.82) is 0 Å². The van der Waals surface area contributed by atoms with E-state index < -0.39 is 12.5 Å². The van der Waals surface area contributed by atoms with Crippen molar-refractivity contribution in [2.75, 3.05) is 19.9 Å². The van der Waals surface area contributed by atoms with Crippen LogP contribution >= 0.6 is 0 Å². The van der Waals surface area contributed by atoms with Gasteiger partial charge >= 0.3 is 0 Å². The van der Waals surface area contributed by atoms with Gasteiger partial charge in [0, 0.05) is 18.9 Å². The molecule has 0 saturated heterocycles. The molecule has 0 heterocycles. The van der Waals surface area contributed by atoms with Crippen molar-refractivity contribution in [3.05, 3.63) is 29.6 Å². The summed E-state index contributed by atoms with van der Waals surface area (Å²) in [7, 11) is 0. The summed E-state index contributed by atoms with van der Waals surface area (Å²) in [5, 5.41) is 8.60. The monoisotopic (exact) mass is 240 g/mol. The minimum Gasteiger partial charge on any atom is -0.492 e. The number of halogens is 2. The Morgan fingerprint density at radius 3 is 2.88 bits per heavy atom. The second kappa shape index (κ2) is 7.64. The summed E-state index contributed by atoms with van der Waals surface area (Å²) < 4.78 is 30.2. The van der Waals surface area contributed by atoms with Crippen LogP contribution in [0.5, 0.6) is 5.75 Å². The molecule has 1 aromatic rings. The largest absolute Gasteiger partial charge is 0.492 e. The van der Waals surface area contributed by atoms with Gasteiger partial charge in [-0.05, 0) is 12.1 Å². The van der Waals surface area contributed by atoms with Crippen LogP contribution in [-0.4, -0.2) is 25.0 Å². The molecule has 0 aromatic heterocycles. The Labute approximate surface area is 99.2 Å². The summed E-state index contributed by atoms with van der Waals surface area (Å²) in [5.74, 6) is 5.38. The van der Waals surface area contributed by atoms with Gasteiger partial charge in [0.2, 0.25) is 0 Å². The lowest BCUT2D eigenvalue weighted by Crippen LogP contribution is -2.00. The molecule has 4 heteroatoms. The first-order valence-corrected chi connectivity index (χ1v) is 5.36. The van der Waals surface area contributed by atoms with Gasteiger partial charge in [-0.1, -0.05) is 11.8 Å². The standard InChI is InChI=1S/C13H14F2O2/c14-7-3-9-17-13-10-12(15)6-5-11(13)4-1-2-8-16/h5-6,10,16H,2-3,7-9H2. The van der Waals surface area contributed by atoms with Gasteiger partial charge in [0.1, 0.15) is 11.6 Å². The molecule has 17 heavy (non-hydrogen) atoms. The van der Waals surface area contributed by atoms with Crippen molar-refractivity contribution >= 4 is 0 Å². The normalized spacial score (nSPS) is 9.59. The second-order valence-electron chi connectivity index (χ2n) is 3.31. The van der Waals surface area contributed by atoms with E-state index in [0.29, 0.717) is 17.7 Å². The van der Waals surface area contributed by atoms with E-state index in [1.807, 2.05) is 0 Å². The summed E-state index contributed by atoms with van der Waals surface area (Å²) in [4.78, 5) is 0. The van der Waals surface area contributed by atoms with E-state index in [2.05, 4.69) is 11.8 Å². The Kier molecular flexibility index (Phi) is 6.05. The number of hydrogen-bond donors (Lipinski definition) is 1. The molecule has 0 radical (unpaired) electrons. The van der Waals surface area contributed by atoms with Gasteiger partial charge < -0.3 is 9.84 Å². The lowest BCUT2D eigenvalue weighted by molar-refractivity contribution is 0.288. The summed E-state index contributed by atoms with van der Waals surface area (Å²) in [5.41, 5.74) is 0.540. The first-order valence-electron chi connectivity index (χ1n) is 5.36. The zero-order valence-corrected chi connectivity index (χ0v) is 9.38. The molecule has 0 bridgehead atoms. The van der Waals surface area contributed by atoms with E-state index in [1.54, 1.807) is 0 Å². The van der Waals surface area contributed by atoms with Crippen LogP contribution < -0.4 is 4.74 Å². The summed E-state index contributed by atoms with van der Waals surface area (Å²) in [6.07, 6.45) is 0.612. The van der Waals surface area contributed by atoms with Crippen molar-refractivity contribution in [1.82, 2.24) is 0 Å². The molecular formula is C13H14F2O2. The Morgan fingerprint density at radius 2 is 2.18 bits per heavy atom. The summed E-state index contributed by atoms with van der Waals surface area (Å²) in [6, 6.07) is 4.01. The van der Waals surface area contributed by atoms with E-state index in [4.69, 9.17) is 9.84 Å². The highest BCUT2D eigenvalue weighted by molar-refractivity contribution is 5.46. The maximum atomic E-state index is 13.0. The van der Waals surface area contributed by atoms with Gasteiger partial charge in [-0.25, -0.2) is 4.39 Å². The molecule has 0 spiro atoms. The van der Waals surface area contributed by atoms with Gasteiger partial charge in [0.05, 0.1) is 25.5 Å². The fraction of sp³-hybridized carbons (Fsp3) is 0.385. The molecule has 0 unspecified atom stereocenters. The minimum absolute atomic E-state index is 0.0216. The topological polar surface area (TPSA) is 29.5 Å². The number of hydrogen-bond acceptors (Lipinski definition) is 2. The van der Waals surface area contributed by atoms with E-state index >= 15 is 0 Å². The van der Waals surface area contributed by atoms with Crippen LogP contribution in [0.25, 0.3) is 0 Å². The van der Waals surface area contributed by atoms with Crippen LogP contribution in [-0.2, 0) is 0 Å². The molecule has 0 fully saturated rings. The third-order valence-electron chi connectivity index (χ3n) is 1.94. The summed E-state index contributed by atoms with van der Waals surface area (Å²) >= 11 is 0. The van der Waals surface area contributed by atoms with Crippen LogP contribution in [0.4, 0.5) is 8.78 Å². The molecule has 0 amide bonds. The first-order chi connectivity index (χ1) is 8.27. The highest BCUT2D eigenvalue weighted by Crippen LogP contribution is 2.19. The van der Waals surface area contributed by atoms with Crippen LogP contribution in [0, 0.1) is 17.7 Å². The van der Waals surface area contributed by atoms with E-state index in [9.17, 15) is 8.78 Å². The number of alkyl halides is 1.